The summed E-state index contributed by atoms with van der Waals surface area (Å²) < 4.78 is 18.5. The van der Waals surface area contributed by atoms with E-state index >= 15 is 0 Å². The van der Waals surface area contributed by atoms with Gasteiger partial charge in [0.2, 0.25) is 0 Å². The van der Waals surface area contributed by atoms with Gasteiger partial charge in [0, 0.05) is 0 Å². The van der Waals surface area contributed by atoms with Crippen molar-refractivity contribution < 1.29 is 8.95 Å². The molecule has 0 spiro atoms. The molecular formula is C18H19N3O2S. The van der Waals surface area contributed by atoms with E-state index in [1.807, 2.05) is 30.3 Å². The maximum Gasteiger partial charge on any atom is 0.198 e. The number of aryl methyl sites for hydroxylation is 1. The van der Waals surface area contributed by atoms with Crippen molar-refractivity contribution in [1.82, 2.24) is 15.0 Å². The summed E-state index contributed by atoms with van der Waals surface area (Å²) in [7, 11) is 0.389. The van der Waals surface area contributed by atoms with E-state index in [0.29, 0.717) is 5.16 Å². The summed E-state index contributed by atoms with van der Waals surface area (Å²) in [6, 6.07) is 9.78. The average molecular weight is 341 g/mol. The molecule has 124 valence electrons. The lowest BCUT2D eigenvalue weighted by atomic mass is 10.1. The van der Waals surface area contributed by atoms with Crippen molar-refractivity contribution in [3.05, 3.63) is 47.8 Å². The molecule has 2 atom stereocenters. The lowest BCUT2D eigenvalue weighted by Crippen LogP contribution is -2.11. The third-order valence-corrected chi connectivity index (χ3v) is 6.05. The highest BCUT2D eigenvalue weighted by atomic mass is 32.2. The molecule has 0 bridgehead atoms. The molecular weight excluding hydrogens is 322 g/mol. The number of methoxy groups -OCH3 is 1. The molecule has 6 heteroatoms. The van der Waals surface area contributed by atoms with Crippen LogP contribution in [0.1, 0.15) is 35.8 Å². The zero-order valence-corrected chi connectivity index (χ0v) is 14.3. The molecule has 0 radical (unpaired) electrons. The first-order chi connectivity index (χ1) is 11.8. The summed E-state index contributed by atoms with van der Waals surface area (Å²) in [5.74, 6) is 0.754. The number of aromatic nitrogens is 3. The Morgan fingerprint density at radius 1 is 1.29 bits per heavy atom. The second-order valence-corrected chi connectivity index (χ2v) is 7.56. The van der Waals surface area contributed by atoms with Gasteiger partial charge in [0.25, 0.3) is 0 Å². The Kier molecular flexibility index (Phi) is 4.06. The summed E-state index contributed by atoms with van der Waals surface area (Å²) in [5.41, 5.74) is 3.82. The fraction of sp³-hybridized carbons (Fsp3) is 0.333. The number of rotatable bonds is 3. The van der Waals surface area contributed by atoms with E-state index in [9.17, 15) is 4.21 Å². The maximum atomic E-state index is 13.2. The molecule has 2 aromatic heterocycles. The Bertz CT molecular complexity index is 873. The highest BCUT2D eigenvalue weighted by molar-refractivity contribution is 7.85. The number of hydrogen-bond donors (Lipinski definition) is 1. The van der Waals surface area contributed by atoms with Crippen LogP contribution in [0.15, 0.2) is 41.7 Å². The van der Waals surface area contributed by atoms with Gasteiger partial charge in [-0.3, -0.25) is 9.19 Å². The number of aromatic amines is 1. The smallest absolute Gasteiger partial charge is 0.198 e. The zero-order chi connectivity index (χ0) is 16.5. The third kappa shape index (κ3) is 2.71. The second-order valence-electron chi connectivity index (χ2n) is 6.01. The number of nitrogens with one attached hydrogen (secondary N) is 1. The fourth-order valence-electron chi connectivity index (χ4n) is 3.25. The average Bonchev–Trinajstić information content (AvgIpc) is 2.94. The minimum atomic E-state index is -1.25. The van der Waals surface area contributed by atoms with Crippen LogP contribution in [0.2, 0.25) is 0 Å². The predicted molar refractivity (Wildman–Crippen MR) is 93.6 cm³/mol. The molecule has 1 aromatic carbocycles. The fourth-order valence-corrected chi connectivity index (χ4v) is 4.71. The number of hydrogen-bond acceptors (Lipinski definition) is 4. The molecule has 1 aliphatic carbocycles. The molecule has 3 aromatic rings. The van der Waals surface area contributed by atoms with E-state index in [2.05, 4.69) is 15.0 Å². The van der Waals surface area contributed by atoms with Crippen LogP contribution >= 0.6 is 0 Å². The lowest BCUT2D eigenvalue weighted by molar-refractivity contribution is 0.412. The molecule has 0 fully saturated rings. The summed E-state index contributed by atoms with van der Waals surface area (Å²) in [6.07, 6.45) is 5.64. The summed E-state index contributed by atoms with van der Waals surface area (Å²) >= 11 is 0. The Morgan fingerprint density at radius 3 is 3.00 bits per heavy atom. The molecule has 4 rings (SSSR count). The van der Waals surface area contributed by atoms with Crippen LogP contribution in [0.3, 0.4) is 0 Å². The van der Waals surface area contributed by atoms with Crippen LogP contribution in [0.4, 0.5) is 0 Å². The van der Waals surface area contributed by atoms with Gasteiger partial charge in [-0.1, -0.05) is 18.6 Å². The van der Waals surface area contributed by atoms with Crippen LogP contribution in [0.25, 0.3) is 11.0 Å². The van der Waals surface area contributed by atoms with Gasteiger partial charge in [0.05, 0.1) is 46.1 Å². The number of imidazole rings is 1. The van der Waals surface area contributed by atoms with E-state index in [0.717, 1.165) is 53.7 Å². The lowest BCUT2D eigenvalue weighted by Gasteiger charge is -2.15. The van der Waals surface area contributed by atoms with Crippen LogP contribution in [0, 0.1) is 0 Å². The van der Waals surface area contributed by atoms with Crippen molar-refractivity contribution in [2.45, 2.75) is 36.1 Å². The van der Waals surface area contributed by atoms with E-state index in [4.69, 9.17) is 4.74 Å². The molecule has 0 unspecified atom stereocenters. The maximum absolute atomic E-state index is 13.2. The van der Waals surface area contributed by atoms with E-state index in [1.54, 1.807) is 13.3 Å². The minimum Gasteiger partial charge on any atom is -0.495 e. The molecule has 1 aliphatic rings. The molecule has 0 aliphatic heterocycles. The van der Waals surface area contributed by atoms with Crippen molar-refractivity contribution in [2.75, 3.05) is 7.11 Å². The van der Waals surface area contributed by atoms with Crippen molar-refractivity contribution in [1.29, 1.82) is 0 Å². The first-order valence-corrected chi connectivity index (χ1v) is 9.35. The van der Waals surface area contributed by atoms with E-state index < -0.39 is 10.8 Å². The SMILES string of the molecule is COc1cnc2c(c1)CCCC[C@H]2[S@](=O)c1nc2ccccc2[nH]1. The van der Waals surface area contributed by atoms with Crippen molar-refractivity contribution in [3.63, 3.8) is 0 Å². The van der Waals surface area contributed by atoms with Gasteiger partial charge in [-0.25, -0.2) is 4.98 Å². The Balaban J connectivity index is 1.74. The van der Waals surface area contributed by atoms with E-state index in [1.165, 1.54) is 0 Å². The van der Waals surface area contributed by atoms with Crippen molar-refractivity contribution in [2.24, 2.45) is 0 Å². The second kappa shape index (κ2) is 6.36. The summed E-state index contributed by atoms with van der Waals surface area (Å²) in [4.78, 5) is 12.3. The van der Waals surface area contributed by atoms with Gasteiger partial charge in [-0.15, -0.1) is 0 Å². The molecule has 1 N–H and O–H groups in total. The number of fused-ring (bicyclic) bond motifs is 2. The summed E-state index contributed by atoms with van der Waals surface area (Å²) in [5, 5.41) is 0.403. The highest BCUT2D eigenvalue weighted by Crippen LogP contribution is 2.35. The van der Waals surface area contributed by atoms with Gasteiger partial charge >= 0.3 is 0 Å². The first-order valence-electron chi connectivity index (χ1n) is 8.14. The number of pyridine rings is 1. The zero-order valence-electron chi connectivity index (χ0n) is 13.5. The predicted octanol–water partition coefficient (Wildman–Crippen LogP) is 3.54. The number of ether oxygens (including phenoxy) is 1. The number of para-hydroxylation sites is 2. The topological polar surface area (TPSA) is 67.9 Å². The van der Waals surface area contributed by atoms with Crippen LogP contribution < -0.4 is 4.74 Å². The van der Waals surface area contributed by atoms with Gasteiger partial charge in [-0.05, 0) is 43.0 Å². The molecule has 0 amide bonds. The van der Waals surface area contributed by atoms with E-state index in [-0.39, 0.29) is 5.25 Å². The monoisotopic (exact) mass is 341 g/mol. The van der Waals surface area contributed by atoms with Gasteiger partial charge in [0.15, 0.2) is 5.16 Å². The van der Waals surface area contributed by atoms with Crippen LogP contribution in [0.5, 0.6) is 5.75 Å². The third-order valence-electron chi connectivity index (χ3n) is 4.50. The summed E-state index contributed by atoms with van der Waals surface area (Å²) in [6.45, 7) is 0. The molecule has 0 saturated carbocycles. The molecule has 24 heavy (non-hydrogen) atoms. The number of benzene rings is 1. The molecule has 2 heterocycles. The number of nitrogens with zero attached hydrogens (tertiary/aromatic N) is 2. The normalized spacial score (nSPS) is 18.8. The van der Waals surface area contributed by atoms with Crippen LogP contribution in [-0.4, -0.2) is 26.3 Å². The minimum absolute atomic E-state index is 0.131. The first kappa shape index (κ1) is 15.3. The van der Waals surface area contributed by atoms with Crippen LogP contribution in [-0.2, 0) is 17.2 Å². The molecule has 5 nitrogen and oxygen atoms in total. The molecule has 0 saturated heterocycles. The number of H-pyrrole nitrogens is 1. The Hall–Kier alpha value is -2.21. The Morgan fingerprint density at radius 2 is 2.17 bits per heavy atom. The highest BCUT2D eigenvalue weighted by Gasteiger charge is 2.28. The van der Waals surface area contributed by atoms with Crippen molar-refractivity contribution >= 4 is 21.8 Å². The van der Waals surface area contributed by atoms with Gasteiger partial charge in [0.1, 0.15) is 5.75 Å². The van der Waals surface area contributed by atoms with Gasteiger partial charge in [-0.2, -0.15) is 0 Å². The quantitative estimate of drug-likeness (QED) is 0.740. The Labute approximate surface area is 142 Å². The van der Waals surface area contributed by atoms with Gasteiger partial charge < -0.3 is 9.72 Å². The van der Waals surface area contributed by atoms with Crippen molar-refractivity contribution in [3.8, 4) is 5.75 Å². The largest absolute Gasteiger partial charge is 0.495 e. The standard InChI is InChI=1S/C18H19N3O2S/c1-23-13-10-12-6-2-5-9-16(17(12)19-11-13)24(22)18-20-14-7-3-4-8-15(14)21-18/h3-4,7-8,10-11,16H,2,5-6,9H2,1H3,(H,20,21)/t16-,24+/m1/s1.